The normalized spacial score (nSPS) is 11.2. The molecule has 3 N–H and O–H groups in total. The quantitative estimate of drug-likeness (QED) is 0.727. The number of ether oxygens (including phenoxy) is 1. The lowest BCUT2D eigenvalue weighted by Gasteiger charge is -2.19. The number of esters is 1. The zero-order chi connectivity index (χ0) is 12.3. The van der Waals surface area contributed by atoms with Crippen LogP contribution in [0.4, 0.5) is 0 Å². The minimum Gasteiger partial charge on any atom is -0.456 e. The fourth-order valence-electron chi connectivity index (χ4n) is 1.13. The van der Waals surface area contributed by atoms with Gasteiger partial charge < -0.3 is 15.5 Å². The maximum atomic E-state index is 11.6. The van der Waals surface area contributed by atoms with Crippen LogP contribution in [0.3, 0.4) is 0 Å². The molecule has 0 saturated heterocycles. The van der Waals surface area contributed by atoms with Gasteiger partial charge in [0.05, 0.1) is 0 Å². The first-order chi connectivity index (χ1) is 7.33. The molecule has 1 aromatic heterocycles. The zero-order valence-corrected chi connectivity index (χ0v) is 9.66. The predicted octanol–water partition coefficient (Wildman–Crippen LogP) is 0.789. The second-order valence-corrected chi connectivity index (χ2v) is 4.43. The Labute approximate surface area is 93.6 Å². The molecule has 0 spiro atoms. The Morgan fingerprint density at radius 2 is 2.06 bits per heavy atom. The average Bonchev–Trinajstić information content (AvgIpc) is 2.14. The Bertz CT molecular complexity index is 443. The highest BCUT2D eigenvalue weighted by atomic mass is 16.6. The first kappa shape index (κ1) is 12.4. The van der Waals surface area contributed by atoms with E-state index in [2.05, 4.69) is 4.98 Å². The van der Waals surface area contributed by atoms with Gasteiger partial charge in [0.1, 0.15) is 11.2 Å². The number of carbonyl (C=O) groups is 1. The van der Waals surface area contributed by atoms with Crippen LogP contribution in [0.15, 0.2) is 16.9 Å². The number of pyridine rings is 1. The standard InChI is InChI=1S/C11H16N2O3/c1-11(2,3)16-10(15)8-5-4-7(6-12)13-9(8)14/h4-5H,6,12H2,1-3H3,(H,13,14). The lowest BCUT2D eigenvalue weighted by molar-refractivity contribution is 0.00675. The van der Waals surface area contributed by atoms with E-state index in [-0.39, 0.29) is 12.1 Å². The van der Waals surface area contributed by atoms with E-state index in [4.69, 9.17) is 10.5 Å². The Hall–Kier alpha value is -1.62. The molecule has 1 aromatic rings. The van der Waals surface area contributed by atoms with Crippen LogP contribution in [0.25, 0.3) is 0 Å². The summed E-state index contributed by atoms with van der Waals surface area (Å²) < 4.78 is 5.09. The van der Waals surface area contributed by atoms with Gasteiger partial charge in [0.15, 0.2) is 0 Å². The number of H-pyrrole nitrogens is 1. The largest absolute Gasteiger partial charge is 0.456 e. The van der Waals surface area contributed by atoms with Crippen molar-refractivity contribution in [1.82, 2.24) is 4.98 Å². The molecule has 16 heavy (non-hydrogen) atoms. The Balaban J connectivity index is 2.97. The highest BCUT2D eigenvalue weighted by Crippen LogP contribution is 2.09. The molecule has 0 aromatic carbocycles. The van der Waals surface area contributed by atoms with Gasteiger partial charge in [-0.25, -0.2) is 4.79 Å². The van der Waals surface area contributed by atoms with Gasteiger partial charge in [-0.05, 0) is 32.9 Å². The minimum absolute atomic E-state index is 0.00729. The van der Waals surface area contributed by atoms with Gasteiger partial charge in [-0.3, -0.25) is 4.79 Å². The molecule has 0 aliphatic rings. The third-order valence-electron chi connectivity index (χ3n) is 1.81. The van der Waals surface area contributed by atoms with Gasteiger partial charge in [-0.2, -0.15) is 0 Å². The zero-order valence-electron chi connectivity index (χ0n) is 9.66. The van der Waals surface area contributed by atoms with E-state index in [0.717, 1.165) is 0 Å². The molecule has 0 unspecified atom stereocenters. The summed E-state index contributed by atoms with van der Waals surface area (Å²) >= 11 is 0. The summed E-state index contributed by atoms with van der Waals surface area (Å²) in [6, 6.07) is 3.02. The number of nitrogens with two attached hydrogens (primary N) is 1. The summed E-state index contributed by atoms with van der Waals surface area (Å²) in [6.45, 7) is 5.46. The van der Waals surface area contributed by atoms with Crippen LogP contribution in [0.1, 0.15) is 36.8 Å². The van der Waals surface area contributed by atoms with Crippen molar-refractivity contribution in [1.29, 1.82) is 0 Å². The highest BCUT2D eigenvalue weighted by Gasteiger charge is 2.20. The van der Waals surface area contributed by atoms with Crippen LogP contribution < -0.4 is 11.3 Å². The lowest BCUT2D eigenvalue weighted by atomic mass is 10.2. The molecule has 0 amide bonds. The van der Waals surface area contributed by atoms with Gasteiger partial charge in [0.2, 0.25) is 0 Å². The maximum absolute atomic E-state index is 11.6. The van der Waals surface area contributed by atoms with Gasteiger partial charge >= 0.3 is 5.97 Å². The molecule has 0 atom stereocenters. The van der Waals surface area contributed by atoms with E-state index in [9.17, 15) is 9.59 Å². The van der Waals surface area contributed by atoms with Gasteiger partial charge in [0.25, 0.3) is 5.56 Å². The van der Waals surface area contributed by atoms with Crippen molar-refractivity contribution in [2.45, 2.75) is 32.9 Å². The number of hydrogen-bond donors (Lipinski definition) is 2. The van der Waals surface area contributed by atoms with Gasteiger partial charge in [-0.1, -0.05) is 0 Å². The number of aromatic amines is 1. The summed E-state index contributed by atoms with van der Waals surface area (Å²) in [7, 11) is 0. The summed E-state index contributed by atoms with van der Waals surface area (Å²) in [5.74, 6) is -0.627. The van der Waals surface area contributed by atoms with Crippen LogP contribution in [-0.4, -0.2) is 16.6 Å². The summed E-state index contributed by atoms with van der Waals surface area (Å²) in [6.07, 6.45) is 0. The SMILES string of the molecule is CC(C)(C)OC(=O)c1ccc(CN)[nH]c1=O. The first-order valence-electron chi connectivity index (χ1n) is 4.99. The number of aromatic nitrogens is 1. The monoisotopic (exact) mass is 224 g/mol. The van der Waals surface area contributed by atoms with E-state index in [1.54, 1.807) is 26.8 Å². The molecule has 0 aliphatic heterocycles. The Kier molecular flexibility index (Phi) is 3.49. The summed E-state index contributed by atoms with van der Waals surface area (Å²) in [5.41, 5.74) is 4.84. The molecule has 1 heterocycles. The van der Waals surface area contributed by atoms with Crippen LogP contribution in [-0.2, 0) is 11.3 Å². The molecule has 0 bridgehead atoms. The molecular formula is C11H16N2O3. The summed E-state index contributed by atoms with van der Waals surface area (Å²) in [5, 5.41) is 0. The van der Waals surface area contributed by atoms with E-state index >= 15 is 0 Å². The van der Waals surface area contributed by atoms with E-state index in [0.29, 0.717) is 5.69 Å². The minimum atomic E-state index is -0.627. The van der Waals surface area contributed by atoms with Crippen molar-refractivity contribution >= 4 is 5.97 Å². The number of hydrogen-bond acceptors (Lipinski definition) is 4. The highest BCUT2D eigenvalue weighted by molar-refractivity contribution is 5.89. The molecule has 5 nitrogen and oxygen atoms in total. The van der Waals surface area contributed by atoms with Crippen molar-refractivity contribution < 1.29 is 9.53 Å². The van der Waals surface area contributed by atoms with Gasteiger partial charge in [0, 0.05) is 12.2 Å². The second kappa shape index (κ2) is 4.49. The molecular weight excluding hydrogens is 208 g/mol. The molecule has 5 heteroatoms. The van der Waals surface area contributed by atoms with Crippen molar-refractivity contribution in [2.75, 3.05) is 0 Å². The number of rotatable bonds is 2. The fourth-order valence-corrected chi connectivity index (χ4v) is 1.13. The average molecular weight is 224 g/mol. The number of nitrogens with one attached hydrogen (secondary N) is 1. The van der Waals surface area contributed by atoms with Crippen LogP contribution >= 0.6 is 0 Å². The lowest BCUT2D eigenvalue weighted by Crippen LogP contribution is -2.28. The molecule has 0 aliphatic carbocycles. The van der Waals surface area contributed by atoms with E-state index in [1.165, 1.54) is 6.07 Å². The van der Waals surface area contributed by atoms with Crippen LogP contribution in [0.2, 0.25) is 0 Å². The third kappa shape index (κ3) is 3.20. The van der Waals surface area contributed by atoms with Crippen molar-refractivity contribution in [3.8, 4) is 0 Å². The molecule has 0 fully saturated rings. The van der Waals surface area contributed by atoms with E-state index < -0.39 is 17.1 Å². The first-order valence-corrected chi connectivity index (χ1v) is 4.99. The topological polar surface area (TPSA) is 85.2 Å². The Morgan fingerprint density at radius 3 is 2.50 bits per heavy atom. The van der Waals surface area contributed by atoms with Crippen molar-refractivity contribution in [2.24, 2.45) is 5.73 Å². The number of carbonyl (C=O) groups excluding carboxylic acids is 1. The predicted molar refractivity (Wildman–Crippen MR) is 60.1 cm³/mol. The van der Waals surface area contributed by atoms with Gasteiger partial charge in [-0.15, -0.1) is 0 Å². The van der Waals surface area contributed by atoms with Crippen LogP contribution in [0, 0.1) is 0 Å². The molecule has 1 rings (SSSR count). The Morgan fingerprint density at radius 1 is 1.44 bits per heavy atom. The smallest absolute Gasteiger partial charge is 0.344 e. The van der Waals surface area contributed by atoms with E-state index in [1.807, 2.05) is 0 Å². The molecule has 88 valence electrons. The van der Waals surface area contributed by atoms with Crippen molar-refractivity contribution in [3.05, 3.63) is 33.7 Å². The summed E-state index contributed by atoms with van der Waals surface area (Å²) in [4.78, 5) is 25.6. The fraction of sp³-hybridized carbons (Fsp3) is 0.455. The van der Waals surface area contributed by atoms with Crippen molar-refractivity contribution in [3.63, 3.8) is 0 Å². The second-order valence-electron chi connectivity index (χ2n) is 4.43. The third-order valence-corrected chi connectivity index (χ3v) is 1.81. The molecule has 0 radical (unpaired) electrons. The molecule has 0 saturated carbocycles. The maximum Gasteiger partial charge on any atom is 0.344 e. The van der Waals surface area contributed by atoms with Crippen LogP contribution in [0.5, 0.6) is 0 Å².